The molecule has 1 aromatic carbocycles. The fourth-order valence-electron chi connectivity index (χ4n) is 3.56. The van der Waals surface area contributed by atoms with Crippen LogP contribution in [0.3, 0.4) is 0 Å². The number of rotatable bonds is 6. The normalized spacial score (nSPS) is 14.0. The summed E-state index contributed by atoms with van der Waals surface area (Å²) in [6, 6.07) is 3.17. The van der Waals surface area contributed by atoms with Crippen LogP contribution in [-0.2, 0) is 0 Å². The number of piperazine rings is 1. The quantitative estimate of drug-likeness (QED) is 0.371. The van der Waals surface area contributed by atoms with Crippen LogP contribution < -0.4 is 19.9 Å². The zero-order valence-corrected chi connectivity index (χ0v) is 18.8. The first kappa shape index (κ1) is 23.3. The highest BCUT2D eigenvalue weighted by Crippen LogP contribution is 2.36. The number of nitro groups is 1. The lowest BCUT2D eigenvalue weighted by Crippen LogP contribution is -2.49. The van der Waals surface area contributed by atoms with Crippen molar-refractivity contribution in [3.05, 3.63) is 49.9 Å². The molecule has 1 fully saturated rings. The molecule has 1 aliphatic rings. The van der Waals surface area contributed by atoms with E-state index in [-0.39, 0.29) is 30.0 Å². The second-order valence-corrected chi connectivity index (χ2v) is 8.18. The summed E-state index contributed by atoms with van der Waals surface area (Å²) in [6.07, 6.45) is 0. The van der Waals surface area contributed by atoms with E-state index in [9.17, 15) is 28.5 Å². The molecule has 1 amide bonds. The minimum Gasteiger partial charge on any atom is -0.493 e. The van der Waals surface area contributed by atoms with Gasteiger partial charge in [-0.1, -0.05) is 11.3 Å². The van der Waals surface area contributed by atoms with Crippen molar-refractivity contribution in [3.8, 4) is 11.5 Å². The van der Waals surface area contributed by atoms with Crippen LogP contribution in [0.1, 0.15) is 16.1 Å². The predicted molar refractivity (Wildman–Crippen MR) is 116 cm³/mol. The number of nitrogens with zero attached hydrogens (tertiary/aromatic N) is 6. The van der Waals surface area contributed by atoms with Gasteiger partial charge in [0.15, 0.2) is 11.5 Å². The molecule has 1 aliphatic heterocycles. The summed E-state index contributed by atoms with van der Waals surface area (Å²) in [5.74, 6) is -1.40. The maximum atomic E-state index is 13.1. The summed E-state index contributed by atoms with van der Waals surface area (Å²) in [4.78, 5) is 43.1. The Kier molecular flexibility index (Phi) is 6.28. The molecule has 0 unspecified atom stereocenters. The Morgan fingerprint density at radius 3 is 2.53 bits per heavy atom. The molecule has 15 heteroatoms. The number of benzene rings is 1. The Morgan fingerprint density at radius 1 is 1.21 bits per heavy atom. The predicted octanol–water partition coefficient (Wildman–Crippen LogP) is 1.94. The average Bonchev–Trinajstić information content (AvgIpc) is 3.22. The summed E-state index contributed by atoms with van der Waals surface area (Å²) in [7, 11) is 1.18. The van der Waals surface area contributed by atoms with Gasteiger partial charge in [0, 0.05) is 44.0 Å². The van der Waals surface area contributed by atoms with Crippen molar-refractivity contribution in [2.24, 2.45) is 0 Å². The average molecular weight is 496 g/mol. The number of aromatic nitrogens is 3. The Labute approximate surface area is 194 Å². The van der Waals surface area contributed by atoms with E-state index >= 15 is 0 Å². The number of amides is 1. The molecule has 180 valence electrons. The van der Waals surface area contributed by atoms with E-state index in [1.54, 1.807) is 11.4 Å². The highest BCUT2D eigenvalue weighted by Gasteiger charge is 2.31. The van der Waals surface area contributed by atoms with Crippen molar-refractivity contribution in [1.29, 1.82) is 0 Å². The van der Waals surface area contributed by atoms with E-state index in [1.165, 1.54) is 29.4 Å². The van der Waals surface area contributed by atoms with Crippen LogP contribution in [0.5, 0.6) is 11.5 Å². The van der Waals surface area contributed by atoms with Gasteiger partial charge in [0.1, 0.15) is 5.56 Å². The van der Waals surface area contributed by atoms with Gasteiger partial charge in [0.25, 0.3) is 17.2 Å². The molecule has 0 radical (unpaired) electrons. The zero-order valence-electron chi connectivity index (χ0n) is 17.9. The number of anilines is 1. The summed E-state index contributed by atoms with van der Waals surface area (Å²) in [5.41, 5.74) is -0.673. The molecular weight excluding hydrogens is 478 g/mol. The lowest BCUT2D eigenvalue weighted by atomic mass is 10.1. The minimum atomic E-state index is -3.22. The second-order valence-electron chi connectivity index (χ2n) is 7.25. The smallest absolute Gasteiger partial charge is 0.387 e. The van der Waals surface area contributed by atoms with E-state index in [0.29, 0.717) is 28.9 Å². The molecule has 12 nitrogen and oxygen atoms in total. The molecule has 0 spiro atoms. The standard InChI is InChI=1S/C19H18F2N6O6S/c1-10-7-15(28)22-18-26(10)23-19(34-18)25-5-3-24(4-6-25)16(29)11-8-13(32-2)14(33-17(20)21)9-12(11)27(30)31/h7-9,17H,3-6H2,1-2H3. The van der Waals surface area contributed by atoms with Crippen LogP contribution in [0, 0.1) is 17.0 Å². The Bertz CT molecular complexity index is 1320. The molecule has 1 saturated heterocycles. The first-order valence-corrected chi connectivity index (χ1v) is 10.7. The van der Waals surface area contributed by atoms with E-state index in [4.69, 9.17) is 4.74 Å². The molecule has 0 bridgehead atoms. The van der Waals surface area contributed by atoms with Gasteiger partial charge in [-0.25, -0.2) is 4.52 Å². The molecule has 0 saturated carbocycles. The van der Waals surface area contributed by atoms with Gasteiger partial charge in [-0.05, 0) is 6.92 Å². The Morgan fingerprint density at radius 2 is 1.91 bits per heavy atom. The first-order chi connectivity index (χ1) is 16.2. The van der Waals surface area contributed by atoms with Crippen LogP contribution in [0.4, 0.5) is 19.6 Å². The van der Waals surface area contributed by atoms with Gasteiger partial charge in [-0.2, -0.15) is 13.8 Å². The summed E-state index contributed by atoms with van der Waals surface area (Å²) < 4.78 is 36.1. The minimum absolute atomic E-state index is 0.222. The molecule has 0 atom stereocenters. The lowest BCUT2D eigenvalue weighted by molar-refractivity contribution is -0.385. The molecule has 2 aromatic heterocycles. The molecular formula is C19H18F2N6O6S. The number of hydrogen-bond acceptors (Lipinski definition) is 10. The molecule has 3 heterocycles. The first-order valence-electron chi connectivity index (χ1n) is 9.91. The summed E-state index contributed by atoms with van der Waals surface area (Å²) >= 11 is 1.24. The van der Waals surface area contributed by atoms with Gasteiger partial charge < -0.3 is 19.3 Å². The van der Waals surface area contributed by atoms with E-state index in [1.807, 2.05) is 4.90 Å². The topological polar surface area (TPSA) is 132 Å². The van der Waals surface area contributed by atoms with Crippen molar-refractivity contribution in [3.63, 3.8) is 0 Å². The number of carbonyl (C=O) groups excluding carboxylic acids is 1. The number of aryl methyl sites for hydroxylation is 1. The molecule has 34 heavy (non-hydrogen) atoms. The second kappa shape index (κ2) is 9.17. The summed E-state index contributed by atoms with van der Waals surface area (Å²) in [5, 5.41) is 16.6. The number of alkyl halides is 2. The fourth-order valence-corrected chi connectivity index (χ4v) is 4.56. The number of carbonyl (C=O) groups is 1. The van der Waals surface area contributed by atoms with Crippen LogP contribution in [0.2, 0.25) is 0 Å². The maximum absolute atomic E-state index is 13.1. The number of methoxy groups -OCH3 is 1. The van der Waals surface area contributed by atoms with Gasteiger partial charge in [-0.15, -0.1) is 5.10 Å². The van der Waals surface area contributed by atoms with Gasteiger partial charge in [0.05, 0.1) is 18.1 Å². The maximum Gasteiger partial charge on any atom is 0.387 e. The van der Waals surface area contributed by atoms with Crippen molar-refractivity contribution in [2.45, 2.75) is 13.5 Å². The fraction of sp³-hybridized carbons (Fsp3) is 0.368. The highest BCUT2D eigenvalue weighted by atomic mass is 32.1. The number of nitro benzene ring substituents is 1. The van der Waals surface area contributed by atoms with Gasteiger partial charge in [0.2, 0.25) is 10.1 Å². The van der Waals surface area contributed by atoms with Crippen molar-refractivity contribution in [1.82, 2.24) is 19.5 Å². The molecule has 0 N–H and O–H groups in total. The lowest BCUT2D eigenvalue weighted by Gasteiger charge is -2.34. The molecule has 4 rings (SSSR count). The summed E-state index contributed by atoms with van der Waals surface area (Å²) in [6.45, 7) is -0.252. The van der Waals surface area contributed by atoms with Crippen LogP contribution >= 0.6 is 11.3 Å². The monoisotopic (exact) mass is 496 g/mol. The van der Waals surface area contributed by atoms with Crippen LogP contribution in [0.15, 0.2) is 23.0 Å². The van der Waals surface area contributed by atoms with Gasteiger partial charge in [-0.3, -0.25) is 19.7 Å². The Balaban J connectivity index is 1.55. The van der Waals surface area contributed by atoms with Crippen LogP contribution in [-0.4, -0.2) is 70.2 Å². The molecule has 0 aliphatic carbocycles. The van der Waals surface area contributed by atoms with E-state index in [2.05, 4.69) is 14.8 Å². The van der Waals surface area contributed by atoms with E-state index < -0.39 is 28.9 Å². The van der Waals surface area contributed by atoms with Crippen LogP contribution in [0.25, 0.3) is 4.96 Å². The zero-order chi connectivity index (χ0) is 24.6. The number of hydrogen-bond donors (Lipinski definition) is 0. The van der Waals surface area contributed by atoms with E-state index in [0.717, 1.165) is 12.1 Å². The SMILES string of the molecule is COc1cc(C(=O)N2CCN(c3nn4c(C)cc(=O)nc4s3)CC2)c([N+](=O)[O-])cc1OC(F)F. The third kappa shape index (κ3) is 4.46. The molecule has 3 aromatic rings. The largest absolute Gasteiger partial charge is 0.493 e. The number of halogens is 2. The third-order valence-electron chi connectivity index (χ3n) is 5.18. The Hall–Kier alpha value is -3.88. The third-order valence-corrected chi connectivity index (χ3v) is 6.15. The number of ether oxygens (including phenoxy) is 2. The van der Waals surface area contributed by atoms with Crippen molar-refractivity contribution in [2.75, 3.05) is 38.2 Å². The van der Waals surface area contributed by atoms with Crippen molar-refractivity contribution < 1.29 is 28.0 Å². The number of fused-ring (bicyclic) bond motifs is 1. The highest BCUT2D eigenvalue weighted by molar-refractivity contribution is 7.20. The van der Waals surface area contributed by atoms with Gasteiger partial charge >= 0.3 is 6.61 Å². The van der Waals surface area contributed by atoms with Crippen molar-refractivity contribution >= 4 is 33.0 Å².